The van der Waals surface area contributed by atoms with Gasteiger partial charge in [0, 0.05) is 6.42 Å². The van der Waals surface area contributed by atoms with Crippen LogP contribution in [0.2, 0.25) is 0 Å². The minimum Gasteiger partial charge on any atom is -0.387 e. The lowest BCUT2D eigenvalue weighted by Crippen LogP contribution is -2.22. The van der Waals surface area contributed by atoms with E-state index in [1.807, 2.05) is 0 Å². The first-order valence-electron chi connectivity index (χ1n) is 3.36. The predicted octanol–water partition coefficient (Wildman–Crippen LogP) is 2.27. The summed E-state index contributed by atoms with van der Waals surface area (Å²) in [5.74, 6) is 0. The summed E-state index contributed by atoms with van der Waals surface area (Å²) in [5, 5.41) is 2.94. The topological polar surface area (TPSA) is 21.6 Å². The highest BCUT2D eigenvalue weighted by Gasteiger charge is 2.41. The Labute approximate surface area is 67.7 Å². The standard InChI is InChI=1S/C7H8F3NO/c1-4(2)5-3-6(11-12-5)7(8,9)10/h5H,1,3H2,2H3. The van der Waals surface area contributed by atoms with Crippen molar-refractivity contribution in [1.82, 2.24) is 0 Å². The molecule has 0 saturated heterocycles. The number of hydrogen-bond donors (Lipinski definition) is 0. The van der Waals surface area contributed by atoms with Crippen LogP contribution in [-0.4, -0.2) is 18.0 Å². The maximum absolute atomic E-state index is 12.0. The Morgan fingerprint density at radius 2 is 2.25 bits per heavy atom. The molecule has 1 rings (SSSR count). The van der Waals surface area contributed by atoms with Crippen LogP contribution in [0.5, 0.6) is 0 Å². The molecule has 0 aromatic rings. The lowest BCUT2D eigenvalue weighted by Gasteiger charge is -2.06. The van der Waals surface area contributed by atoms with E-state index in [0.717, 1.165) is 0 Å². The molecule has 1 atom stereocenters. The average molecular weight is 179 g/mol. The Morgan fingerprint density at radius 3 is 2.50 bits per heavy atom. The number of hydrogen-bond acceptors (Lipinski definition) is 2. The van der Waals surface area contributed by atoms with Crippen LogP contribution < -0.4 is 0 Å². The van der Waals surface area contributed by atoms with Crippen molar-refractivity contribution in [2.24, 2.45) is 5.16 Å². The van der Waals surface area contributed by atoms with Gasteiger partial charge in [0.2, 0.25) is 0 Å². The Balaban J connectivity index is 2.61. The molecule has 0 amide bonds. The first-order chi connectivity index (χ1) is 5.41. The van der Waals surface area contributed by atoms with Crippen molar-refractivity contribution in [1.29, 1.82) is 0 Å². The number of halogens is 3. The summed E-state index contributed by atoms with van der Waals surface area (Å²) in [6.07, 6.45) is -5.20. The SMILES string of the molecule is C=C(C)C1CC(C(F)(F)F)=NO1. The highest BCUT2D eigenvalue weighted by Crippen LogP contribution is 2.27. The predicted molar refractivity (Wildman–Crippen MR) is 37.8 cm³/mol. The average Bonchev–Trinajstić information content (AvgIpc) is 2.30. The number of rotatable bonds is 1. The smallest absolute Gasteiger partial charge is 0.387 e. The van der Waals surface area contributed by atoms with E-state index in [4.69, 9.17) is 0 Å². The minimum atomic E-state index is -4.37. The van der Waals surface area contributed by atoms with Gasteiger partial charge in [0.15, 0.2) is 11.8 Å². The molecule has 0 fully saturated rings. The van der Waals surface area contributed by atoms with Crippen LogP contribution in [-0.2, 0) is 4.84 Å². The summed E-state index contributed by atoms with van der Waals surface area (Å²) in [7, 11) is 0. The van der Waals surface area contributed by atoms with E-state index in [-0.39, 0.29) is 6.42 Å². The second-order valence-corrected chi connectivity index (χ2v) is 2.68. The number of oxime groups is 1. The van der Waals surface area contributed by atoms with Crippen LogP contribution in [0.3, 0.4) is 0 Å². The fourth-order valence-corrected chi connectivity index (χ4v) is 0.809. The van der Waals surface area contributed by atoms with Gasteiger partial charge in [-0.3, -0.25) is 0 Å². The van der Waals surface area contributed by atoms with Crippen LogP contribution in [0.1, 0.15) is 13.3 Å². The summed E-state index contributed by atoms with van der Waals surface area (Å²) in [6.45, 7) is 5.10. The van der Waals surface area contributed by atoms with Crippen LogP contribution in [0.15, 0.2) is 17.3 Å². The normalized spacial score (nSPS) is 23.3. The maximum Gasteiger partial charge on any atom is 0.432 e. The number of nitrogens with zero attached hydrogens (tertiary/aromatic N) is 1. The quantitative estimate of drug-likeness (QED) is 0.566. The van der Waals surface area contributed by atoms with Gasteiger partial charge >= 0.3 is 6.18 Å². The van der Waals surface area contributed by atoms with Crippen molar-refractivity contribution < 1.29 is 18.0 Å². The van der Waals surface area contributed by atoms with Crippen molar-refractivity contribution in [2.75, 3.05) is 0 Å². The van der Waals surface area contributed by atoms with Crippen LogP contribution in [0.25, 0.3) is 0 Å². The molecule has 2 nitrogen and oxygen atoms in total. The van der Waals surface area contributed by atoms with Gasteiger partial charge in [-0.1, -0.05) is 11.7 Å². The number of alkyl halides is 3. The van der Waals surface area contributed by atoms with Gasteiger partial charge in [-0.2, -0.15) is 13.2 Å². The molecule has 0 aromatic heterocycles. The molecule has 12 heavy (non-hydrogen) atoms. The molecule has 0 saturated carbocycles. The monoisotopic (exact) mass is 179 g/mol. The molecule has 1 aliphatic rings. The Hall–Kier alpha value is -1.00. The molecule has 0 aromatic carbocycles. The molecular formula is C7H8F3NO. The summed E-state index contributed by atoms with van der Waals surface area (Å²) in [6, 6.07) is 0. The van der Waals surface area contributed by atoms with Gasteiger partial charge in [-0.15, -0.1) is 0 Å². The van der Waals surface area contributed by atoms with E-state index < -0.39 is 18.0 Å². The molecular weight excluding hydrogens is 171 g/mol. The second kappa shape index (κ2) is 2.80. The maximum atomic E-state index is 12.0. The lowest BCUT2D eigenvalue weighted by atomic mass is 10.1. The van der Waals surface area contributed by atoms with Gasteiger partial charge in [-0.05, 0) is 12.5 Å². The van der Waals surface area contributed by atoms with E-state index in [9.17, 15) is 13.2 Å². The zero-order valence-corrected chi connectivity index (χ0v) is 6.48. The molecule has 0 spiro atoms. The summed E-state index contributed by atoms with van der Waals surface area (Å²) >= 11 is 0. The van der Waals surface area contributed by atoms with Crippen molar-refractivity contribution in [3.05, 3.63) is 12.2 Å². The zero-order valence-electron chi connectivity index (χ0n) is 6.48. The van der Waals surface area contributed by atoms with Crippen molar-refractivity contribution in [2.45, 2.75) is 25.6 Å². The summed E-state index contributed by atoms with van der Waals surface area (Å²) in [4.78, 5) is 4.52. The van der Waals surface area contributed by atoms with Gasteiger partial charge < -0.3 is 4.84 Å². The highest BCUT2D eigenvalue weighted by atomic mass is 19.4. The molecule has 5 heteroatoms. The first-order valence-corrected chi connectivity index (χ1v) is 3.36. The minimum absolute atomic E-state index is 0.223. The summed E-state index contributed by atoms with van der Waals surface area (Å²) < 4.78 is 35.9. The summed E-state index contributed by atoms with van der Waals surface area (Å²) in [5.41, 5.74) is -0.312. The van der Waals surface area contributed by atoms with Gasteiger partial charge in [0.05, 0.1) is 0 Å². The lowest BCUT2D eigenvalue weighted by molar-refractivity contribution is -0.0604. The largest absolute Gasteiger partial charge is 0.432 e. The molecule has 68 valence electrons. The first kappa shape index (κ1) is 9.09. The fraction of sp³-hybridized carbons (Fsp3) is 0.571. The zero-order chi connectivity index (χ0) is 9.35. The van der Waals surface area contributed by atoms with E-state index in [1.165, 1.54) is 0 Å². The van der Waals surface area contributed by atoms with Crippen molar-refractivity contribution in [3.63, 3.8) is 0 Å². The third-order valence-electron chi connectivity index (χ3n) is 1.55. The second-order valence-electron chi connectivity index (χ2n) is 2.68. The van der Waals surface area contributed by atoms with E-state index in [1.54, 1.807) is 6.92 Å². The van der Waals surface area contributed by atoms with E-state index in [0.29, 0.717) is 5.57 Å². The molecule has 0 aliphatic carbocycles. The van der Waals surface area contributed by atoms with Gasteiger partial charge in [-0.25, -0.2) is 0 Å². The van der Waals surface area contributed by atoms with Crippen molar-refractivity contribution in [3.8, 4) is 0 Å². The highest BCUT2D eigenvalue weighted by molar-refractivity contribution is 5.90. The van der Waals surface area contributed by atoms with E-state index in [2.05, 4.69) is 16.6 Å². The van der Waals surface area contributed by atoms with Gasteiger partial charge in [0.1, 0.15) is 0 Å². The molecule has 0 radical (unpaired) electrons. The van der Waals surface area contributed by atoms with Gasteiger partial charge in [0.25, 0.3) is 0 Å². The van der Waals surface area contributed by atoms with Crippen molar-refractivity contribution >= 4 is 5.71 Å². The Kier molecular flexibility index (Phi) is 2.12. The van der Waals surface area contributed by atoms with E-state index >= 15 is 0 Å². The van der Waals surface area contributed by atoms with Crippen LogP contribution in [0.4, 0.5) is 13.2 Å². The third kappa shape index (κ3) is 1.78. The molecule has 0 bridgehead atoms. The third-order valence-corrected chi connectivity index (χ3v) is 1.55. The molecule has 1 heterocycles. The fourth-order valence-electron chi connectivity index (χ4n) is 0.809. The molecule has 1 aliphatic heterocycles. The van der Waals surface area contributed by atoms with Crippen LogP contribution >= 0.6 is 0 Å². The molecule has 0 N–H and O–H groups in total. The Morgan fingerprint density at radius 1 is 1.67 bits per heavy atom. The van der Waals surface area contributed by atoms with Crippen LogP contribution in [0, 0.1) is 0 Å². The Bertz CT molecular complexity index is 231. The molecule has 1 unspecified atom stereocenters.